The lowest BCUT2D eigenvalue weighted by Gasteiger charge is -2.29. The standard InChI is InChI=1S/C24H24F3N3O5/c1-35-23(34)19(12-15-9-5-6-10-16(15)24(25,26)27)28-20(31)13-18-22(33)29-17(21(32)30-18)11-14-7-3-2-4-8-14/h2-10,17-19H,11-13H2,1H3,(H,28,31)(H,29,33)(H,30,32)/t17-,18-,19+/m0/s1. The maximum Gasteiger partial charge on any atom is 0.416 e. The predicted octanol–water partition coefficient (Wildman–Crippen LogP) is 1.52. The van der Waals surface area contributed by atoms with Crippen LogP contribution in [0.1, 0.15) is 23.1 Å². The number of methoxy groups -OCH3 is 1. The van der Waals surface area contributed by atoms with Crippen molar-refractivity contribution in [3.8, 4) is 0 Å². The third kappa shape index (κ3) is 6.81. The van der Waals surface area contributed by atoms with Gasteiger partial charge in [-0.3, -0.25) is 14.4 Å². The minimum absolute atomic E-state index is 0.205. The van der Waals surface area contributed by atoms with E-state index >= 15 is 0 Å². The van der Waals surface area contributed by atoms with Gasteiger partial charge in [-0.1, -0.05) is 48.5 Å². The van der Waals surface area contributed by atoms with Gasteiger partial charge in [0.1, 0.15) is 18.1 Å². The van der Waals surface area contributed by atoms with E-state index in [0.29, 0.717) is 0 Å². The molecule has 1 aliphatic heterocycles. The van der Waals surface area contributed by atoms with E-state index in [-0.39, 0.29) is 12.0 Å². The fourth-order valence-corrected chi connectivity index (χ4v) is 3.78. The molecule has 0 unspecified atom stereocenters. The fourth-order valence-electron chi connectivity index (χ4n) is 3.78. The Balaban J connectivity index is 1.64. The number of halogens is 3. The zero-order chi connectivity index (χ0) is 25.6. The molecule has 8 nitrogen and oxygen atoms in total. The average Bonchev–Trinajstić information content (AvgIpc) is 2.81. The highest BCUT2D eigenvalue weighted by Gasteiger charge is 2.37. The van der Waals surface area contributed by atoms with Crippen LogP contribution in [0, 0.1) is 0 Å². The number of piperazine rings is 1. The Labute approximate surface area is 199 Å². The highest BCUT2D eigenvalue weighted by molar-refractivity contribution is 5.99. The van der Waals surface area contributed by atoms with E-state index in [1.54, 1.807) is 12.1 Å². The van der Waals surface area contributed by atoms with Gasteiger partial charge in [-0.15, -0.1) is 0 Å². The van der Waals surface area contributed by atoms with Crippen molar-refractivity contribution < 1.29 is 37.1 Å². The van der Waals surface area contributed by atoms with Gasteiger partial charge in [0.15, 0.2) is 0 Å². The number of rotatable bonds is 8. The first-order valence-electron chi connectivity index (χ1n) is 10.8. The highest BCUT2D eigenvalue weighted by atomic mass is 19.4. The van der Waals surface area contributed by atoms with Crippen LogP contribution in [0.25, 0.3) is 0 Å². The molecule has 3 amide bonds. The number of hydrogen-bond acceptors (Lipinski definition) is 5. The van der Waals surface area contributed by atoms with E-state index in [0.717, 1.165) is 18.7 Å². The predicted molar refractivity (Wildman–Crippen MR) is 118 cm³/mol. The highest BCUT2D eigenvalue weighted by Crippen LogP contribution is 2.32. The molecule has 0 radical (unpaired) electrons. The molecule has 1 saturated heterocycles. The maximum absolute atomic E-state index is 13.3. The summed E-state index contributed by atoms with van der Waals surface area (Å²) in [6.07, 6.45) is -5.37. The molecule has 1 fully saturated rings. The normalized spacial score (nSPS) is 18.7. The van der Waals surface area contributed by atoms with Crippen LogP contribution in [0.4, 0.5) is 13.2 Å². The van der Waals surface area contributed by atoms with E-state index in [4.69, 9.17) is 0 Å². The molecule has 0 aliphatic carbocycles. The third-order valence-corrected chi connectivity index (χ3v) is 5.51. The Hall–Kier alpha value is -3.89. The lowest BCUT2D eigenvalue weighted by Crippen LogP contribution is -2.63. The van der Waals surface area contributed by atoms with Crippen LogP contribution < -0.4 is 16.0 Å². The van der Waals surface area contributed by atoms with Crippen molar-refractivity contribution in [1.82, 2.24) is 16.0 Å². The van der Waals surface area contributed by atoms with E-state index in [1.807, 2.05) is 18.2 Å². The van der Waals surface area contributed by atoms with Crippen LogP contribution in [-0.2, 0) is 42.9 Å². The van der Waals surface area contributed by atoms with E-state index in [2.05, 4.69) is 20.7 Å². The summed E-state index contributed by atoms with van der Waals surface area (Å²) in [6, 6.07) is 10.3. The van der Waals surface area contributed by atoms with Crippen molar-refractivity contribution in [1.29, 1.82) is 0 Å². The average molecular weight is 491 g/mol. The summed E-state index contributed by atoms with van der Waals surface area (Å²) < 4.78 is 44.6. The first-order valence-corrected chi connectivity index (χ1v) is 10.8. The monoisotopic (exact) mass is 491 g/mol. The van der Waals surface area contributed by atoms with Crippen molar-refractivity contribution in [2.75, 3.05) is 7.11 Å². The van der Waals surface area contributed by atoms with Crippen molar-refractivity contribution in [2.45, 2.75) is 43.6 Å². The van der Waals surface area contributed by atoms with Crippen LogP contribution in [0.2, 0.25) is 0 Å². The topological polar surface area (TPSA) is 114 Å². The Morgan fingerprint density at radius 3 is 2.23 bits per heavy atom. The molecule has 1 heterocycles. The summed E-state index contributed by atoms with van der Waals surface area (Å²) >= 11 is 0. The van der Waals surface area contributed by atoms with Gasteiger partial charge >= 0.3 is 12.1 Å². The number of esters is 1. The van der Waals surface area contributed by atoms with E-state index in [9.17, 15) is 32.3 Å². The van der Waals surface area contributed by atoms with Gasteiger partial charge in [-0.05, 0) is 17.2 Å². The number of hydrogen-bond donors (Lipinski definition) is 3. The van der Waals surface area contributed by atoms with Crippen molar-refractivity contribution in [3.05, 3.63) is 71.3 Å². The Bertz CT molecular complexity index is 1090. The third-order valence-electron chi connectivity index (χ3n) is 5.51. The molecule has 0 saturated carbocycles. The second-order valence-corrected chi connectivity index (χ2v) is 8.02. The molecule has 0 spiro atoms. The molecule has 3 atom stereocenters. The van der Waals surface area contributed by atoms with Gasteiger partial charge in [0.2, 0.25) is 17.7 Å². The van der Waals surface area contributed by atoms with Crippen molar-refractivity contribution >= 4 is 23.7 Å². The number of carbonyl (C=O) groups excluding carboxylic acids is 4. The molecular formula is C24H24F3N3O5. The Kier molecular flexibility index (Phi) is 8.10. The lowest BCUT2D eigenvalue weighted by molar-refractivity contribution is -0.146. The molecule has 186 valence electrons. The number of benzene rings is 2. The zero-order valence-corrected chi connectivity index (χ0v) is 18.7. The van der Waals surface area contributed by atoms with Gasteiger partial charge in [0.05, 0.1) is 19.1 Å². The smallest absolute Gasteiger partial charge is 0.416 e. The first kappa shape index (κ1) is 25.7. The Morgan fingerprint density at radius 1 is 0.971 bits per heavy atom. The van der Waals surface area contributed by atoms with Crippen LogP contribution in [-0.4, -0.2) is 48.9 Å². The summed E-state index contributed by atoms with van der Waals surface area (Å²) in [5.74, 6) is -2.82. The molecule has 2 aromatic carbocycles. The molecule has 3 N–H and O–H groups in total. The second kappa shape index (κ2) is 11.0. The lowest BCUT2D eigenvalue weighted by atomic mass is 9.99. The minimum Gasteiger partial charge on any atom is -0.467 e. The first-order chi connectivity index (χ1) is 16.6. The molecule has 11 heteroatoms. The van der Waals surface area contributed by atoms with Crippen molar-refractivity contribution in [2.24, 2.45) is 0 Å². The van der Waals surface area contributed by atoms with Gasteiger partial charge in [0.25, 0.3) is 0 Å². The van der Waals surface area contributed by atoms with E-state index < -0.39 is 66.4 Å². The molecule has 35 heavy (non-hydrogen) atoms. The van der Waals surface area contributed by atoms with Crippen LogP contribution >= 0.6 is 0 Å². The molecule has 2 aromatic rings. The summed E-state index contributed by atoms with van der Waals surface area (Å²) in [4.78, 5) is 49.7. The fraction of sp³-hybridized carbons (Fsp3) is 0.333. The minimum atomic E-state index is -4.65. The largest absolute Gasteiger partial charge is 0.467 e. The number of alkyl halides is 3. The molecule has 1 aliphatic rings. The van der Waals surface area contributed by atoms with Crippen LogP contribution in [0.3, 0.4) is 0 Å². The number of carbonyl (C=O) groups is 4. The van der Waals surface area contributed by atoms with Gasteiger partial charge in [0, 0.05) is 12.8 Å². The quantitative estimate of drug-likeness (QED) is 0.485. The van der Waals surface area contributed by atoms with Crippen molar-refractivity contribution in [3.63, 3.8) is 0 Å². The summed E-state index contributed by atoms with van der Waals surface area (Å²) in [6.45, 7) is 0. The number of amides is 3. The van der Waals surface area contributed by atoms with E-state index in [1.165, 1.54) is 18.2 Å². The summed E-state index contributed by atoms with van der Waals surface area (Å²) in [5.41, 5.74) is -0.307. The maximum atomic E-state index is 13.3. The Morgan fingerprint density at radius 2 is 1.57 bits per heavy atom. The van der Waals surface area contributed by atoms with Gasteiger partial charge in [-0.25, -0.2) is 4.79 Å². The van der Waals surface area contributed by atoms with Crippen LogP contribution in [0.5, 0.6) is 0 Å². The second-order valence-electron chi connectivity index (χ2n) is 8.02. The van der Waals surface area contributed by atoms with Crippen LogP contribution in [0.15, 0.2) is 54.6 Å². The van der Waals surface area contributed by atoms with Gasteiger partial charge in [-0.2, -0.15) is 13.2 Å². The summed E-state index contributed by atoms with van der Waals surface area (Å²) in [7, 11) is 1.04. The molecular weight excluding hydrogens is 467 g/mol. The SMILES string of the molecule is COC(=O)[C@@H](Cc1ccccc1C(F)(F)F)NC(=O)C[C@@H]1NC(=O)[C@H](Cc2ccccc2)NC1=O. The molecule has 0 aromatic heterocycles. The summed E-state index contributed by atoms with van der Waals surface area (Å²) in [5, 5.41) is 7.38. The number of nitrogens with one attached hydrogen (secondary N) is 3. The number of ether oxygens (including phenoxy) is 1. The zero-order valence-electron chi connectivity index (χ0n) is 18.7. The molecule has 3 rings (SSSR count). The molecule has 0 bridgehead atoms. The van der Waals surface area contributed by atoms with Gasteiger partial charge < -0.3 is 20.7 Å².